The Balaban J connectivity index is 3.37. The number of amides is 1. The highest BCUT2D eigenvalue weighted by molar-refractivity contribution is 5.76. The average molecular weight is 1160 g/mol. The summed E-state index contributed by atoms with van der Waals surface area (Å²) >= 11 is 0. The molecule has 0 aromatic carbocycles. The number of aliphatic hydroxyl groups excluding tert-OH is 2. The minimum absolute atomic E-state index is 0.0173. The Morgan fingerprint density at radius 2 is 0.610 bits per heavy atom. The molecule has 0 saturated heterocycles. The van der Waals surface area contributed by atoms with E-state index in [1.54, 1.807) is 0 Å². The molecular formula is C76H147NO5. The van der Waals surface area contributed by atoms with Crippen LogP contribution in [0, 0.1) is 0 Å². The van der Waals surface area contributed by atoms with Crippen LogP contribution in [0.5, 0.6) is 0 Å². The third kappa shape index (κ3) is 67.5. The number of carbonyl (C=O) groups is 2. The maximum atomic E-state index is 12.5. The molecule has 0 fully saturated rings. The fourth-order valence-electron chi connectivity index (χ4n) is 12.0. The van der Waals surface area contributed by atoms with Gasteiger partial charge in [0.1, 0.15) is 0 Å². The van der Waals surface area contributed by atoms with Gasteiger partial charge in [0.05, 0.1) is 25.4 Å². The molecule has 3 N–H and O–H groups in total. The molecule has 0 bridgehead atoms. The van der Waals surface area contributed by atoms with Gasteiger partial charge in [0.2, 0.25) is 5.91 Å². The van der Waals surface area contributed by atoms with Gasteiger partial charge in [0.25, 0.3) is 0 Å². The first-order valence-electron chi connectivity index (χ1n) is 37.6. The minimum atomic E-state index is -0.663. The van der Waals surface area contributed by atoms with Crippen LogP contribution in [0.15, 0.2) is 24.3 Å². The lowest BCUT2D eigenvalue weighted by Crippen LogP contribution is -2.45. The topological polar surface area (TPSA) is 95.9 Å². The van der Waals surface area contributed by atoms with E-state index in [0.29, 0.717) is 25.9 Å². The third-order valence-corrected chi connectivity index (χ3v) is 17.8. The van der Waals surface area contributed by atoms with E-state index in [9.17, 15) is 19.8 Å². The lowest BCUT2D eigenvalue weighted by Gasteiger charge is -2.22. The second-order valence-electron chi connectivity index (χ2n) is 26.0. The smallest absolute Gasteiger partial charge is 0.305 e. The summed E-state index contributed by atoms with van der Waals surface area (Å²) in [6, 6.07) is -0.540. The molecule has 6 nitrogen and oxygen atoms in total. The molecule has 0 rings (SSSR count). The second-order valence-corrected chi connectivity index (χ2v) is 26.0. The predicted molar refractivity (Wildman–Crippen MR) is 361 cm³/mol. The van der Waals surface area contributed by atoms with E-state index in [2.05, 4.69) is 43.5 Å². The highest BCUT2D eigenvalue weighted by Gasteiger charge is 2.20. The van der Waals surface area contributed by atoms with Crippen molar-refractivity contribution in [1.29, 1.82) is 0 Å². The summed E-state index contributed by atoms with van der Waals surface area (Å²) in [7, 11) is 0. The highest BCUT2D eigenvalue weighted by Crippen LogP contribution is 2.19. The van der Waals surface area contributed by atoms with Crippen LogP contribution in [0.25, 0.3) is 0 Å². The molecule has 486 valence electrons. The van der Waals surface area contributed by atoms with Gasteiger partial charge in [-0.05, 0) is 57.8 Å². The Morgan fingerprint density at radius 1 is 0.341 bits per heavy atom. The van der Waals surface area contributed by atoms with Crippen molar-refractivity contribution < 1.29 is 24.5 Å². The number of hydrogen-bond acceptors (Lipinski definition) is 5. The maximum Gasteiger partial charge on any atom is 0.305 e. The Kier molecular flexibility index (Phi) is 70.4. The fourth-order valence-corrected chi connectivity index (χ4v) is 12.0. The zero-order valence-electron chi connectivity index (χ0n) is 55.8. The van der Waals surface area contributed by atoms with Crippen LogP contribution >= 0.6 is 0 Å². The largest absolute Gasteiger partial charge is 0.466 e. The van der Waals surface area contributed by atoms with Gasteiger partial charge in [-0.3, -0.25) is 9.59 Å². The quantitative estimate of drug-likeness (QED) is 0.0320. The number of carbonyl (C=O) groups excluding carboxylic acids is 2. The van der Waals surface area contributed by atoms with E-state index in [4.69, 9.17) is 4.74 Å². The lowest BCUT2D eigenvalue weighted by atomic mass is 10.0. The average Bonchev–Trinajstić information content (AvgIpc) is 3.48. The van der Waals surface area contributed by atoms with Gasteiger partial charge in [-0.15, -0.1) is 0 Å². The zero-order valence-corrected chi connectivity index (χ0v) is 55.8. The standard InChI is InChI=1S/C76H147NO5/c1-3-5-7-9-11-13-15-17-19-20-38-41-44-48-52-56-60-64-68-74(79)73(72-78)77-75(80)69-65-61-57-53-49-45-42-39-36-34-32-30-28-26-24-22-21-23-25-27-29-31-33-35-37-40-43-47-51-55-59-63-67-71-82-76(81)70-66-62-58-54-50-46-18-16-14-12-10-8-6-4-2/h25,27,31,33,73-74,78-79H,3-24,26,28-30,32,34-72H2,1-2H3,(H,77,80)/b27-25-,33-31-. The third-order valence-electron chi connectivity index (χ3n) is 17.8. The molecule has 0 aliphatic rings. The monoisotopic (exact) mass is 1150 g/mol. The molecule has 6 heteroatoms. The van der Waals surface area contributed by atoms with Gasteiger partial charge in [-0.1, -0.05) is 378 Å². The molecule has 2 unspecified atom stereocenters. The molecule has 82 heavy (non-hydrogen) atoms. The molecule has 0 spiro atoms. The van der Waals surface area contributed by atoms with E-state index < -0.39 is 12.1 Å². The van der Waals surface area contributed by atoms with E-state index >= 15 is 0 Å². The number of ether oxygens (including phenoxy) is 1. The first-order chi connectivity index (χ1) is 40.5. The van der Waals surface area contributed by atoms with Crippen molar-refractivity contribution in [2.24, 2.45) is 0 Å². The molecule has 0 aliphatic carbocycles. The summed E-state index contributed by atoms with van der Waals surface area (Å²) in [5.41, 5.74) is 0. The second kappa shape index (κ2) is 71.8. The summed E-state index contributed by atoms with van der Waals surface area (Å²) in [4.78, 5) is 24.6. The molecule has 0 saturated carbocycles. The van der Waals surface area contributed by atoms with Gasteiger partial charge >= 0.3 is 5.97 Å². The fraction of sp³-hybridized carbons (Fsp3) is 0.921. The molecule has 0 aromatic heterocycles. The number of esters is 1. The van der Waals surface area contributed by atoms with Crippen LogP contribution < -0.4 is 5.32 Å². The van der Waals surface area contributed by atoms with Gasteiger partial charge in [-0.2, -0.15) is 0 Å². The van der Waals surface area contributed by atoms with E-state index in [0.717, 1.165) is 44.9 Å². The first kappa shape index (κ1) is 80.3. The van der Waals surface area contributed by atoms with Crippen LogP contribution in [-0.4, -0.2) is 47.4 Å². The van der Waals surface area contributed by atoms with Crippen molar-refractivity contribution in [2.75, 3.05) is 13.2 Å². The van der Waals surface area contributed by atoms with Crippen LogP contribution in [0.2, 0.25) is 0 Å². The van der Waals surface area contributed by atoms with Gasteiger partial charge in [-0.25, -0.2) is 0 Å². The SMILES string of the molecule is CCCCCCCCCCCCCCCCCCCCC(O)C(CO)NC(=O)CCCCCCCCCCCCCCCCCCC/C=C\C/C=C\CCCCCCCCCCCOC(=O)CCCCCCCCCCCCCCCC. The number of nitrogens with one attached hydrogen (secondary N) is 1. The Labute approximate surface area is 513 Å². The van der Waals surface area contributed by atoms with Crippen LogP contribution in [0.4, 0.5) is 0 Å². The Bertz CT molecular complexity index is 1280. The molecule has 0 aliphatic heterocycles. The van der Waals surface area contributed by atoms with Crippen molar-refractivity contribution in [1.82, 2.24) is 5.32 Å². The molecular weight excluding hydrogens is 1010 g/mol. The highest BCUT2D eigenvalue weighted by atomic mass is 16.5. The summed E-state index contributed by atoms with van der Waals surface area (Å²) in [5, 5.41) is 23.4. The number of hydrogen-bond donors (Lipinski definition) is 3. The molecule has 0 heterocycles. The van der Waals surface area contributed by atoms with E-state index in [-0.39, 0.29) is 18.5 Å². The van der Waals surface area contributed by atoms with Crippen LogP contribution in [0.3, 0.4) is 0 Å². The van der Waals surface area contributed by atoms with Crippen LogP contribution in [-0.2, 0) is 14.3 Å². The summed E-state index contributed by atoms with van der Waals surface area (Å²) in [6.07, 6.45) is 91.1. The van der Waals surface area contributed by atoms with Gasteiger partial charge in [0.15, 0.2) is 0 Å². The number of rotatable bonds is 71. The molecule has 0 aromatic rings. The van der Waals surface area contributed by atoms with Crippen molar-refractivity contribution in [3.8, 4) is 0 Å². The Hall–Kier alpha value is -1.66. The van der Waals surface area contributed by atoms with Crippen molar-refractivity contribution in [2.45, 2.75) is 437 Å². The molecule has 2 atom stereocenters. The van der Waals surface area contributed by atoms with Crippen molar-refractivity contribution >= 4 is 11.9 Å². The predicted octanol–water partition coefficient (Wildman–Crippen LogP) is 24.5. The van der Waals surface area contributed by atoms with Crippen molar-refractivity contribution in [3.63, 3.8) is 0 Å². The normalized spacial score (nSPS) is 12.6. The van der Waals surface area contributed by atoms with Gasteiger partial charge < -0.3 is 20.3 Å². The summed E-state index contributed by atoms with van der Waals surface area (Å²) < 4.78 is 5.49. The number of aliphatic hydroxyl groups is 2. The van der Waals surface area contributed by atoms with E-state index in [1.165, 1.54) is 347 Å². The van der Waals surface area contributed by atoms with E-state index in [1.807, 2.05) is 0 Å². The lowest BCUT2D eigenvalue weighted by molar-refractivity contribution is -0.143. The van der Waals surface area contributed by atoms with Gasteiger partial charge in [0, 0.05) is 12.8 Å². The minimum Gasteiger partial charge on any atom is -0.466 e. The first-order valence-corrected chi connectivity index (χ1v) is 37.6. The molecule has 1 amide bonds. The summed E-state index contributed by atoms with van der Waals surface area (Å²) in [5.74, 6) is -0.0115. The zero-order chi connectivity index (χ0) is 59.2. The Morgan fingerprint density at radius 3 is 0.927 bits per heavy atom. The van der Waals surface area contributed by atoms with Crippen molar-refractivity contribution in [3.05, 3.63) is 24.3 Å². The summed E-state index contributed by atoms with van der Waals surface area (Å²) in [6.45, 7) is 5.00. The maximum absolute atomic E-state index is 12.5. The number of allylic oxidation sites excluding steroid dienone is 4. The number of unbranched alkanes of at least 4 members (excludes halogenated alkanes) is 56. The molecule has 0 radical (unpaired) electrons. The van der Waals surface area contributed by atoms with Crippen LogP contribution in [0.1, 0.15) is 425 Å².